The summed E-state index contributed by atoms with van der Waals surface area (Å²) in [5.74, 6) is -0.0362. The molecule has 1 amide bonds. The van der Waals surface area contributed by atoms with Crippen LogP contribution in [0.1, 0.15) is 16.4 Å². The van der Waals surface area contributed by atoms with Crippen LogP contribution in [0.4, 0.5) is 5.69 Å². The second kappa shape index (κ2) is 6.51. The summed E-state index contributed by atoms with van der Waals surface area (Å²) in [6, 6.07) is 11.5. The van der Waals surface area contributed by atoms with Crippen LogP contribution in [-0.2, 0) is 0 Å². The number of benzene rings is 2. The average molecular weight is 363 g/mol. The second-order valence-electron chi connectivity index (χ2n) is 4.97. The molecule has 6 nitrogen and oxygen atoms in total. The van der Waals surface area contributed by atoms with Crippen molar-refractivity contribution >= 4 is 34.8 Å². The van der Waals surface area contributed by atoms with Crippen molar-refractivity contribution in [3.05, 3.63) is 64.2 Å². The molecule has 0 radical (unpaired) electrons. The van der Waals surface area contributed by atoms with Crippen molar-refractivity contribution in [2.45, 2.75) is 6.92 Å². The van der Waals surface area contributed by atoms with Gasteiger partial charge in [0.25, 0.3) is 5.91 Å². The Kier molecular flexibility index (Phi) is 4.42. The van der Waals surface area contributed by atoms with Crippen molar-refractivity contribution in [1.29, 1.82) is 0 Å². The molecule has 1 aromatic heterocycles. The van der Waals surface area contributed by atoms with Crippen LogP contribution in [0.25, 0.3) is 5.69 Å². The number of phenolic OH excluding ortho intramolecular Hbond substituents is 1. The van der Waals surface area contributed by atoms with E-state index in [0.29, 0.717) is 22.2 Å². The number of amides is 1. The molecule has 0 spiro atoms. The number of halogens is 2. The zero-order valence-corrected chi connectivity index (χ0v) is 14.0. The summed E-state index contributed by atoms with van der Waals surface area (Å²) in [6.07, 6.45) is 0. The molecule has 0 aliphatic heterocycles. The van der Waals surface area contributed by atoms with Crippen LogP contribution in [0.2, 0.25) is 10.0 Å². The van der Waals surface area contributed by atoms with Gasteiger partial charge in [-0.3, -0.25) is 4.79 Å². The third kappa shape index (κ3) is 3.20. The second-order valence-corrected chi connectivity index (χ2v) is 5.78. The zero-order valence-electron chi connectivity index (χ0n) is 12.5. The number of nitrogens with one attached hydrogen (secondary N) is 1. The Hall–Kier alpha value is -2.57. The van der Waals surface area contributed by atoms with Gasteiger partial charge in [-0.2, -0.15) is 0 Å². The number of hydrogen-bond acceptors (Lipinski definition) is 4. The standard InChI is InChI=1S/C16H12Cl2N4O2/c1-9-19-15(21-22(9)13-5-3-2-4-11(13)17)16(24)20-10-6-7-14(23)12(18)8-10/h2-8,23H,1H3,(H,20,24). The SMILES string of the molecule is Cc1nc(C(=O)Nc2ccc(O)c(Cl)c2)nn1-c1ccccc1Cl. The highest BCUT2D eigenvalue weighted by atomic mass is 35.5. The summed E-state index contributed by atoms with van der Waals surface area (Å²) < 4.78 is 1.50. The first-order valence-electron chi connectivity index (χ1n) is 6.94. The minimum Gasteiger partial charge on any atom is -0.506 e. The summed E-state index contributed by atoms with van der Waals surface area (Å²) in [4.78, 5) is 16.5. The van der Waals surface area contributed by atoms with Gasteiger partial charge >= 0.3 is 0 Å². The Morgan fingerprint density at radius 1 is 1.17 bits per heavy atom. The fourth-order valence-corrected chi connectivity index (χ4v) is 2.51. The summed E-state index contributed by atoms with van der Waals surface area (Å²) >= 11 is 12.0. The molecule has 3 aromatic rings. The largest absolute Gasteiger partial charge is 0.506 e. The predicted molar refractivity (Wildman–Crippen MR) is 92.2 cm³/mol. The molecule has 2 N–H and O–H groups in total. The Balaban J connectivity index is 1.88. The van der Waals surface area contributed by atoms with Gasteiger partial charge in [0.2, 0.25) is 5.82 Å². The normalized spacial score (nSPS) is 10.6. The Bertz CT molecular complexity index is 924. The molecular formula is C16H12Cl2N4O2. The van der Waals surface area contributed by atoms with Crippen LogP contribution < -0.4 is 5.32 Å². The molecule has 0 fully saturated rings. The van der Waals surface area contributed by atoms with E-state index < -0.39 is 5.91 Å². The van der Waals surface area contributed by atoms with E-state index in [1.165, 1.54) is 22.9 Å². The molecule has 0 aliphatic rings. The smallest absolute Gasteiger partial charge is 0.295 e. The number of hydrogen-bond donors (Lipinski definition) is 2. The number of rotatable bonds is 3. The van der Waals surface area contributed by atoms with Crippen molar-refractivity contribution in [2.24, 2.45) is 0 Å². The van der Waals surface area contributed by atoms with Crippen molar-refractivity contribution in [3.63, 3.8) is 0 Å². The Morgan fingerprint density at radius 3 is 2.62 bits per heavy atom. The van der Waals surface area contributed by atoms with Gasteiger partial charge in [-0.05, 0) is 37.3 Å². The molecule has 3 rings (SSSR count). The lowest BCUT2D eigenvalue weighted by atomic mass is 10.3. The summed E-state index contributed by atoms with van der Waals surface area (Å²) in [7, 11) is 0. The van der Waals surface area contributed by atoms with E-state index >= 15 is 0 Å². The topological polar surface area (TPSA) is 80.0 Å². The quantitative estimate of drug-likeness (QED) is 0.693. The highest BCUT2D eigenvalue weighted by molar-refractivity contribution is 6.32. The minimum absolute atomic E-state index is 0.00313. The third-order valence-electron chi connectivity index (χ3n) is 3.26. The van der Waals surface area contributed by atoms with E-state index in [4.69, 9.17) is 23.2 Å². The van der Waals surface area contributed by atoms with Crippen LogP contribution in [0.3, 0.4) is 0 Å². The van der Waals surface area contributed by atoms with E-state index in [2.05, 4.69) is 15.4 Å². The summed E-state index contributed by atoms with van der Waals surface area (Å²) in [5, 5.41) is 16.9. The summed E-state index contributed by atoms with van der Waals surface area (Å²) in [6.45, 7) is 1.73. The first-order valence-corrected chi connectivity index (χ1v) is 7.70. The fraction of sp³-hybridized carbons (Fsp3) is 0.0625. The molecule has 24 heavy (non-hydrogen) atoms. The minimum atomic E-state index is -0.495. The first-order chi connectivity index (χ1) is 11.5. The number of anilines is 1. The van der Waals surface area contributed by atoms with Crippen LogP contribution >= 0.6 is 23.2 Å². The maximum absolute atomic E-state index is 12.3. The van der Waals surface area contributed by atoms with Crippen LogP contribution in [0.5, 0.6) is 5.75 Å². The van der Waals surface area contributed by atoms with Crippen molar-refractivity contribution in [3.8, 4) is 11.4 Å². The molecule has 0 atom stereocenters. The van der Waals surface area contributed by atoms with Crippen molar-refractivity contribution < 1.29 is 9.90 Å². The number of aryl methyl sites for hydroxylation is 1. The van der Waals surface area contributed by atoms with Gasteiger partial charge in [-0.25, -0.2) is 9.67 Å². The number of para-hydroxylation sites is 1. The monoisotopic (exact) mass is 362 g/mol. The number of phenols is 1. The van der Waals surface area contributed by atoms with Crippen LogP contribution in [0.15, 0.2) is 42.5 Å². The van der Waals surface area contributed by atoms with Gasteiger partial charge in [-0.1, -0.05) is 35.3 Å². The molecule has 0 aliphatic carbocycles. The average Bonchev–Trinajstić information content (AvgIpc) is 2.93. The van der Waals surface area contributed by atoms with Gasteiger partial charge in [-0.15, -0.1) is 5.10 Å². The Labute approximate surface area is 147 Å². The molecule has 0 saturated carbocycles. The maximum atomic E-state index is 12.3. The van der Waals surface area contributed by atoms with Gasteiger partial charge in [0.1, 0.15) is 11.6 Å². The fourth-order valence-electron chi connectivity index (χ4n) is 2.11. The first kappa shape index (κ1) is 16.3. The van der Waals surface area contributed by atoms with E-state index in [1.54, 1.807) is 25.1 Å². The van der Waals surface area contributed by atoms with Gasteiger partial charge in [0, 0.05) is 5.69 Å². The lowest BCUT2D eigenvalue weighted by Crippen LogP contribution is -2.14. The van der Waals surface area contributed by atoms with Gasteiger partial charge in [0.15, 0.2) is 0 Å². The van der Waals surface area contributed by atoms with Gasteiger partial charge in [0.05, 0.1) is 15.7 Å². The third-order valence-corrected chi connectivity index (χ3v) is 3.88. The van der Waals surface area contributed by atoms with Gasteiger partial charge < -0.3 is 10.4 Å². The number of aromatic hydroxyl groups is 1. The lowest BCUT2D eigenvalue weighted by molar-refractivity contribution is 0.101. The molecule has 0 saturated heterocycles. The number of nitrogens with zero attached hydrogens (tertiary/aromatic N) is 3. The number of aromatic nitrogens is 3. The highest BCUT2D eigenvalue weighted by Gasteiger charge is 2.17. The van der Waals surface area contributed by atoms with E-state index in [1.807, 2.05) is 6.07 Å². The van der Waals surface area contributed by atoms with Crippen molar-refractivity contribution in [2.75, 3.05) is 5.32 Å². The number of carbonyl (C=O) groups excluding carboxylic acids is 1. The molecule has 122 valence electrons. The molecule has 1 heterocycles. The predicted octanol–water partition coefficient (Wildman–Crippen LogP) is 3.84. The van der Waals surface area contributed by atoms with E-state index in [9.17, 15) is 9.90 Å². The Morgan fingerprint density at radius 2 is 1.92 bits per heavy atom. The summed E-state index contributed by atoms with van der Waals surface area (Å²) in [5.41, 5.74) is 1.06. The molecular weight excluding hydrogens is 351 g/mol. The van der Waals surface area contributed by atoms with E-state index in [0.717, 1.165) is 0 Å². The van der Waals surface area contributed by atoms with Crippen LogP contribution in [0, 0.1) is 6.92 Å². The number of carbonyl (C=O) groups is 1. The molecule has 0 unspecified atom stereocenters. The van der Waals surface area contributed by atoms with Crippen LogP contribution in [-0.4, -0.2) is 25.8 Å². The van der Waals surface area contributed by atoms with E-state index in [-0.39, 0.29) is 16.6 Å². The zero-order chi connectivity index (χ0) is 17.3. The van der Waals surface area contributed by atoms with Crippen molar-refractivity contribution in [1.82, 2.24) is 14.8 Å². The maximum Gasteiger partial charge on any atom is 0.295 e. The molecule has 8 heteroatoms. The molecule has 0 bridgehead atoms. The highest BCUT2D eigenvalue weighted by Crippen LogP contribution is 2.26. The lowest BCUT2D eigenvalue weighted by Gasteiger charge is -2.05. The molecule has 2 aromatic carbocycles.